The van der Waals surface area contributed by atoms with Gasteiger partial charge in [0.1, 0.15) is 12.0 Å². The molecule has 7 nitrogen and oxygen atoms in total. The van der Waals surface area contributed by atoms with Crippen LogP contribution in [0.5, 0.6) is 0 Å². The molecule has 2 aromatic rings. The van der Waals surface area contributed by atoms with Crippen LogP contribution >= 0.6 is 0 Å². The van der Waals surface area contributed by atoms with E-state index >= 15 is 0 Å². The Balaban J connectivity index is 2.03. The molecule has 1 aromatic carbocycles. The van der Waals surface area contributed by atoms with Crippen molar-refractivity contribution >= 4 is 23.2 Å². The van der Waals surface area contributed by atoms with Crippen molar-refractivity contribution < 1.29 is 22.9 Å². The molecule has 23 heavy (non-hydrogen) atoms. The van der Waals surface area contributed by atoms with Gasteiger partial charge in [-0.3, -0.25) is 15.4 Å². The lowest BCUT2D eigenvalue weighted by Gasteiger charge is -2.10. The minimum Gasteiger partial charge on any atom is -0.308 e. The van der Waals surface area contributed by atoms with Gasteiger partial charge in [-0.05, 0) is 24.3 Å². The SMILES string of the molecule is O=C(Nc1cccc(C(F)(F)F)c1)Nc1ccc([N+](=O)[O-])cn1. The molecule has 0 atom stereocenters. The number of hydrogen-bond acceptors (Lipinski definition) is 4. The third-order valence-corrected chi connectivity index (χ3v) is 2.65. The quantitative estimate of drug-likeness (QED) is 0.664. The molecule has 0 radical (unpaired) electrons. The van der Waals surface area contributed by atoms with Crippen LogP contribution in [0.4, 0.5) is 35.2 Å². The van der Waals surface area contributed by atoms with Crippen LogP contribution in [0.15, 0.2) is 42.6 Å². The van der Waals surface area contributed by atoms with Gasteiger partial charge in [0.25, 0.3) is 5.69 Å². The molecule has 10 heteroatoms. The Hall–Kier alpha value is -3.17. The minimum absolute atomic E-state index is 0.0140. The number of carbonyl (C=O) groups excluding carboxylic acids is 1. The van der Waals surface area contributed by atoms with Gasteiger partial charge in [0, 0.05) is 11.8 Å². The van der Waals surface area contributed by atoms with Crippen molar-refractivity contribution in [3.05, 3.63) is 58.3 Å². The zero-order valence-electron chi connectivity index (χ0n) is 11.3. The number of carbonyl (C=O) groups is 1. The van der Waals surface area contributed by atoms with Gasteiger partial charge in [0.15, 0.2) is 0 Å². The monoisotopic (exact) mass is 326 g/mol. The zero-order chi connectivity index (χ0) is 17.0. The number of hydrogen-bond donors (Lipinski definition) is 2. The van der Waals surface area contributed by atoms with Crippen LogP contribution in [-0.2, 0) is 6.18 Å². The van der Waals surface area contributed by atoms with E-state index in [1.807, 2.05) is 0 Å². The van der Waals surface area contributed by atoms with Gasteiger partial charge >= 0.3 is 12.2 Å². The maximum atomic E-state index is 12.6. The summed E-state index contributed by atoms with van der Waals surface area (Å²) in [7, 11) is 0. The minimum atomic E-state index is -4.52. The van der Waals surface area contributed by atoms with E-state index in [0.717, 1.165) is 30.5 Å². The first-order chi connectivity index (χ1) is 10.8. The van der Waals surface area contributed by atoms with E-state index in [9.17, 15) is 28.1 Å². The predicted octanol–water partition coefficient (Wildman–Crippen LogP) is 3.65. The molecule has 0 saturated heterocycles. The predicted molar refractivity (Wildman–Crippen MR) is 75.0 cm³/mol. The second-order valence-corrected chi connectivity index (χ2v) is 4.32. The highest BCUT2D eigenvalue weighted by Crippen LogP contribution is 2.30. The molecule has 2 amide bonds. The summed E-state index contributed by atoms with van der Waals surface area (Å²) >= 11 is 0. The van der Waals surface area contributed by atoms with Gasteiger partial charge in [-0.25, -0.2) is 9.78 Å². The molecule has 0 spiro atoms. The third kappa shape index (κ3) is 4.40. The Morgan fingerprint density at radius 3 is 2.48 bits per heavy atom. The molecular formula is C13H9F3N4O3. The summed E-state index contributed by atoms with van der Waals surface area (Å²) in [6.07, 6.45) is -3.58. The highest BCUT2D eigenvalue weighted by Gasteiger charge is 2.30. The fourth-order valence-corrected chi connectivity index (χ4v) is 1.62. The Bertz CT molecular complexity index is 732. The highest BCUT2D eigenvalue weighted by molar-refractivity contribution is 5.99. The molecule has 0 saturated carbocycles. The fourth-order valence-electron chi connectivity index (χ4n) is 1.62. The lowest BCUT2D eigenvalue weighted by atomic mass is 10.2. The number of halogens is 3. The van der Waals surface area contributed by atoms with Gasteiger partial charge < -0.3 is 5.32 Å². The highest BCUT2D eigenvalue weighted by atomic mass is 19.4. The number of urea groups is 1. The molecule has 0 unspecified atom stereocenters. The summed E-state index contributed by atoms with van der Waals surface area (Å²) < 4.78 is 37.7. The second-order valence-electron chi connectivity index (χ2n) is 4.32. The van der Waals surface area contributed by atoms with Crippen molar-refractivity contribution in [2.45, 2.75) is 6.18 Å². The van der Waals surface area contributed by atoms with Gasteiger partial charge in [0.05, 0.1) is 10.5 Å². The summed E-state index contributed by atoms with van der Waals surface area (Å²) in [6.45, 7) is 0. The Morgan fingerprint density at radius 2 is 1.91 bits per heavy atom. The normalized spacial score (nSPS) is 10.9. The molecule has 0 aliphatic carbocycles. The number of alkyl halides is 3. The van der Waals surface area contributed by atoms with Gasteiger partial charge in [0.2, 0.25) is 0 Å². The summed E-state index contributed by atoms with van der Waals surface area (Å²) in [4.78, 5) is 25.1. The van der Waals surface area contributed by atoms with Crippen molar-refractivity contribution in [3.8, 4) is 0 Å². The molecule has 2 rings (SSSR count). The van der Waals surface area contributed by atoms with Crippen molar-refractivity contribution in [2.75, 3.05) is 10.6 Å². The number of amides is 2. The molecule has 120 valence electrons. The number of nitrogens with zero attached hydrogens (tertiary/aromatic N) is 2. The first-order valence-electron chi connectivity index (χ1n) is 6.11. The van der Waals surface area contributed by atoms with Crippen molar-refractivity contribution in [1.29, 1.82) is 0 Å². The smallest absolute Gasteiger partial charge is 0.308 e. The van der Waals surface area contributed by atoms with Crippen LogP contribution < -0.4 is 10.6 Å². The lowest BCUT2D eigenvalue weighted by molar-refractivity contribution is -0.385. The average Bonchev–Trinajstić information content (AvgIpc) is 2.47. The summed E-state index contributed by atoms with van der Waals surface area (Å²) in [5, 5.41) is 14.9. The molecule has 1 aromatic heterocycles. The molecule has 0 aliphatic rings. The fraction of sp³-hybridized carbons (Fsp3) is 0.0769. The second kappa shape index (κ2) is 6.30. The van der Waals surface area contributed by atoms with Crippen LogP contribution in [0.2, 0.25) is 0 Å². The standard InChI is InChI=1S/C13H9F3N4O3/c14-13(15,16)8-2-1-3-9(6-8)18-12(21)19-11-5-4-10(7-17-11)20(22)23/h1-7H,(H2,17,18,19,21). The van der Waals surface area contributed by atoms with Crippen LogP contribution in [-0.4, -0.2) is 15.9 Å². The molecule has 0 bridgehead atoms. The molecular weight excluding hydrogens is 317 g/mol. The zero-order valence-corrected chi connectivity index (χ0v) is 11.3. The van der Waals surface area contributed by atoms with Crippen molar-refractivity contribution in [2.24, 2.45) is 0 Å². The van der Waals surface area contributed by atoms with Crippen LogP contribution in [0.1, 0.15) is 5.56 Å². The molecule has 2 N–H and O–H groups in total. The van der Waals surface area contributed by atoms with Crippen LogP contribution in [0.3, 0.4) is 0 Å². The summed E-state index contributed by atoms with van der Waals surface area (Å²) in [5.74, 6) is 0.0140. The summed E-state index contributed by atoms with van der Waals surface area (Å²) in [6, 6.07) is 5.60. The van der Waals surface area contributed by atoms with E-state index in [4.69, 9.17) is 0 Å². The van der Waals surface area contributed by atoms with E-state index in [1.165, 1.54) is 12.1 Å². The molecule has 0 fully saturated rings. The number of benzene rings is 1. The number of rotatable bonds is 3. The number of pyridine rings is 1. The Kier molecular flexibility index (Phi) is 4.44. The Labute approximate surface area is 127 Å². The molecule has 0 aliphatic heterocycles. The third-order valence-electron chi connectivity index (χ3n) is 2.65. The number of nitrogens with one attached hydrogen (secondary N) is 2. The number of nitro groups is 1. The van der Waals surface area contributed by atoms with Crippen molar-refractivity contribution in [3.63, 3.8) is 0 Å². The molecule has 1 heterocycles. The average molecular weight is 326 g/mol. The largest absolute Gasteiger partial charge is 0.416 e. The number of aromatic nitrogens is 1. The van der Waals surface area contributed by atoms with Crippen molar-refractivity contribution in [1.82, 2.24) is 4.98 Å². The topological polar surface area (TPSA) is 97.2 Å². The Morgan fingerprint density at radius 1 is 1.17 bits per heavy atom. The van der Waals surface area contributed by atoms with Gasteiger partial charge in [-0.15, -0.1) is 0 Å². The summed E-state index contributed by atoms with van der Waals surface area (Å²) in [5.41, 5.74) is -1.21. The van der Waals surface area contributed by atoms with E-state index in [2.05, 4.69) is 15.6 Å². The van der Waals surface area contributed by atoms with Gasteiger partial charge in [-0.1, -0.05) is 6.07 Å². The van der Waals surface area contributed by atoms with E-state index in [0.29, 0.717) is 0 Å². The first kappa shape index (κ1) is 16.2. The lowest BCUT2D eigenvalue weighted by Crippen LogP contribution is -2.20. The van der Waals surface area contributed by atoms with Crippen LogP contribution in [0.25, 0.3) is 0 Å². The maximum absolute atomic E-state index is 12.6. The van der Waals surface area contributed by atoms with Crippen LogP contribution in [0, 0.1) is 10.1 Å². The maximum Gasteiger partial charge on any atom is 0.416 e. The van der Waals surface area contributed by atoms with E-state index < -0.39 is 22.7 Å². The first-order valence-corrected chi connectivity index (χ1v) is 6.11. The number of anilines is 2. The van der Waals surface area contributed by atoms with Gasteiger partial charge in [-0.2, -0.15) is 13.2 Å². The van der Waals surface area contributed by atoms with E-state index in [1.54, 1.807) is 0 Å². The van der Waals surface area contributed by atoms with E-state index in [-0.39, 0.29) is 17.2 Å².